The summed E-state index contributed by atoms with van der Waals surface area (Å²) in [4.78, 5) is 22.8. The number of carbonyl (C=O) groups is 2. The largest absolute Gasteiger partial charge is 0.481 e. The van der Waals surface area contributed by atoms with E-state index in [2.05, 4.69) is 5.92 Å². The molecule has 0 amide bonds. The summed E-state index contributed by atoms with van der Waals surface area (Å²) < 4.78 is 4.84. The van der Waals surface area contributed by atoms with Crippen LogP contribution in [0.1, 0.15) is 6.42 Å². The Bertz CT molecular complexity index is 390. The van der Waals surface area contributed by atoms with Crippen LogP contribution in [-0.2, 0) is 14.3 Å². The molecule has 2 aliphatic carbocycles. The first-order chi connectivity index (χ1) is 7.65. The van der Waals surface area contributed by atoms with Gasteiger partial charge in [0.2, 0.25) is 0 Å². The van der Waals surface area contributed by atoms with Gasteiger partial charge in [0.25, 0.3) is 0 Å². The number of hydrogen-bond acceptors (Lipinski definition) is 3. The van der Waals surface area contributed by atoms with Crippen LogP contribution in [0.5, 0.6) is 0 Å². The van der Waals surface area contributed by atoms with Gasteiger partial charge < -0.3 is 9.84 Å². The number of rotatable bonds is 3. The molecule has 0 aromatic heterocycles. The Balaban J connectivity index is 2.14. The van der Waals surface area contributed by atoms with Gasteiger partial charge in [0.15, 0.2) is 6.61 Å². The van der Waals surface area contributed by atoms with E-state index in [0.29, 0.717) is 0 Å². The van der Waals surface area contributed by atoms with Crippen molar-refractivity contribution in [3.8, 4) is 12.3 Å². The van der Waals surface area contributed by atoms with Gasteiger partial charge in [-0.1, -0.05) is 18.1 Å². The van der Waals surface area contributed by atoms with Gasteiger partial charge >= 0.3 is 11.9 Å². The fourth-order valence-electron chi connectivity index (χ4n) is 2.69. The van der Waals surface area contributed by atoms with Crippen molar-refractivity contribution in [3.63, 3.8) is 0 Å². The van der Waals surface area contributed by atoms with Crippen molar-refractivity contribution in [2.75, 3.05) is 6.61 Å². The van der Waals surface area contributed by atoms with Crippen molar-refractivity contribution in [1.29, 1.82) is 0 Å². The van der Waals surface area contributed by atoms with E-state index in [1.807, 2.05) is 12.2 Å². The average molecular weight is 220 g/mol. The maximum atomic E-state index is 11.7. The first-order valence-corrected chi connectivity index (χ1v) is 5.16. The highest BCUT2D eigenvalue weighted by Gasteiger charge is 2.52. The maximum Gasteiger partial charge on any atom is 0.311 e. The van der Waals surface area contributed by atoms with Gasteiger partial charge in [-0.2, -0.15) is 0 Å². The molecular formula is C12H12O4. The summed E-state index contributed by atoms with van der Waals surface area (Å²) in [5, 5.41) is 9.10. The standard InChI is InChI=1S/C12H12O4/c1-2-5-16-12(15)10-8-4-3-7(6-8)9(10)11(13)14/h1,3-4,7-10H,5-6H2,(H,13,14)/t7-,8+,9+,10-/m1/s1. The SMILES string of the molecule is C#CCOC(=O)[C@H]1[C@@H](C(=O)O)[C@@H]2C=C[C@H]1C2. The Hall–Kier alpha value is -1.76. The Morgan fingerprint density at radius 1 is 1.38 bits per heavy atom. The number of carboxylic acid groups (broad SMARTS) is 1. The molecule has 0 spiro atoms. The summed E-state index contributed by atoms with van der Waals surface area (Å²) in [5.74, 6) is -0.474. The van der Waals surface area contributed by atoms with Crippen molar-refractivity contribution < 1.29 is 19.4 Å². The average Bonchev–Trinajstić information content (AvgIpc) is 2.84. The molecule has 2 rings (SSSR count). The third-order valence-electron chi connectivity index (χ3n) is 3.31. The molecule has 4 atom stereocenters. The van der Waals surface area contributed by atoms with E-state index in [1.54, 1.807) is 0 Å². The molecule has 1 fully saturated rings. The normalized spacial score (nSPS) is 34.7. The number of terminal acetylenes is 1. The third-order valence-corrected chi connectivity index (χ3v) is 3.31. The molecule has 4 heteroatoms. The number of ether oxygens (including phenoxy) is 1. The van der Waals surface area contributed by atoms with Crippen LogP contribution in [0.25, 0.3) is 0 Å². The van der Waals surface area contributed by atoms with Crippen LogP contribution in [0.3, 0.4) is 0 Å². The number of aliphatic carboxylic acids is 1. The van der Waals surface area contributed by atoms with E-state index in [4.69, 9.17) is 16.3 Å². The zero-order valence-electron chi connectivity index (χ0n) is 8.63. The van der Waals surface area contributed by atoms with Gasteiger partial charge in [-0.25, -0.2) is 0 Å². The van der Waals surface area contributed by atoms with Crippen LogP contribution >= 0.6 is 0 Å². The van der Waals surface area contributed by atoms with Crippen molar-refractivity contribution in [2.45, 2.75) is 6.42 Å². The molecular weight excluding hydrogens is 208 g/mol. The highest BCUT2D eigenvalue weighted by Crippen LogP contribution is 2.48. The highest BCUT2D eigenvalue weighted by atomic mass is 16.5. The number of fused-ring (bicyclic) bond motifs is 2. The molecule has 16 heavy (non-hydrogen) atoms. The van der Waals surface area contributed by atoms with Crippen molar-refractivity contribution >= 4 is 11.9 Å². The van der Waals surface area contributed by atoms with E-state index in [1.165, 1.54) is 0 Å². The lowest BCUT2D eigenvalue weighted by Crippen LogP contribution is -2.34. The number of hydrogen-bond donors (Lipinski definition) is 1. The molecule has 4 nitrogen and oxygen atoms in total. The van der Waals surface area contributed by atoms with Crippen LogP contribution in [0, 0.1) is 36.0 Å². The summed E-state index contributed by atoms with van der Waals surface area (Å²) in [5.41, 5.74) is 0. The second-order valence-electron chi connectivity index (χ2n) is 4.15. The van der Waals surface area contributed by atoms with E-state index < -0.39 is 23.8 Å². The number of esters is 1. The van der Waals surface area contributed by atoms with Crippen LogP contribution in [0.15, 0.2) is 12.2 Å². The van der Waals surface area contributed by atoms with Crippen LogP contribution in [0.2, 0.25) is 0 Å². The fourth-order valence-corrected chi connectivity index (χ4v) is 2.69. The smallest absolute Gasteiger partial charge is 0.311 e. The molecule has 2 aliphatic rings. The van der Waals surface area contributed by atoms with E-state index >= 15 is 0 Å². The molecule has 0 unspecified atom stereocenters. The quantitative estimate of drug-likeness (QED) is 0.431. The van der Waals surface area contributed by atoms with Gasteiger partial charge in [-0.3, -0.25) is 9.59 Å². The van der Waals surface area contributed by atoms with E-state index in [0.717, 1.165) is 6.42 Å². The second-order valence-corrected chi connectivity index (χ2v) is 4.15. The molecule has 0 saturated heterocycles. The summed E-state index contributed by atoms with van der Waals surface area (Å²) in [6.45, 7) is -0.0945. The summed E-state index contributed by atoms with van der Waals surface area (Å²) in [7, 11) is 0. The van der Waals surface area contributed by atoms with E-state index in [9.17, 15) is 9.59 Å². The number of carboxylic acids is 1. The lowest BCUT2D eigenvalue weighted by molar-refractivity contribution is -0.157. The van der Waals surface area contributed by atoms with Crippen molar-refractivity contribution in [2.24, 2.45) is 23.7 Å². The molecule has 1 N–H and O–H groups in total. The minimum atomic E-state index is -0.931. The van der Waals surface area contributed by atoms with Gasteiger partial charge in [0.1, 0.15) is 0 Å². The third kappa shape index (κ3) is 1.58. The Kier molecular flexibility index (Phi) is 2.69. The minimum absolute atomic E-state index is 0.00336. The van der Waals surface area contributed by atoms with E-state index in [-0.39, 0.29) is 18.4 Å². The molecule has 0 aromatic carbocycles. The van der Waals surface area contributed by atoms with Gasteiger partial charge in [-0.05, 0) is 18.3 Å². The van der Waals surface area contributed by atoms with Crippen LogP contribution in [0.4, 0.5) is 0 Å². The molecule has 2 bridgehead atoms. The molecule has 0 heterocycles. The van der Waals surface area contributed by atoms with Crippen molar-refractivity contribution in [1.82, 2.24) is 0 Å². The zero-order valence-corrected chi connectivity index (χ0v) is 8.63. The van der Waals surface area contributed by atoms with Crippen LogP contribution in [-0.4, -0.2) is 23.7 Å². The highest BCUT2D eigenvalue weighted by molar-refractivity contribution is 5.83. The second kappa shape index (κ2) is 4.01. The van der Waals surface area contributed by atoms with Gasteiger partial charge in [0.05, 0.1) is 11.8 Å². The minimum Gasteiger partial charge on any atom is -0.481 e. The Labute approximate surface area is 93.3 Å². The molecule has 84 valence electrons. The number of allylic oxidation sites excluding steroid dienone is 2. The molecule has 1 saturated carbocycles. The fraction of sp³-hybridized carbons (Fsp3) is 0.500. The predicted octanol–water partition coefficient (Wildman–Crippen LogP) is 0.686. The topological polar surface area (TPSA) is 63.6 Å². The Morgan fingerprint density at radius 2 is 2.00 bits per heavy atom. The molecule has 0 radical (unpaired) electrons. The summed E-state index contributed by atoms with van der Waals surface area (Å²) in [6.07, 6.45) is 9.51. The van der Waals surface area contributed by atoms with Crippen LogP contribution < -0.4 is 0 Å². The Morgan fingerprint density at radius 3 is 2.56 bits per heavy atom. The lowest BCUT2D eigenvalue weighted by Gasteiger charge is -2.22. The monoisotopic (exact) mass is 220 g/mol. The maximum absolute atomic E-state index is 11.7. The van der Waals surface area contributed by atoms with Crippen molar-refractivity contribution in [3.05, 3.63) is 12.2 Å². The zero-order chi connectivity index (χ0) is 11.7. The molecule has 0 aromatic rings. The first-order valence-electron chi connectivity index (χ1n) is 5.16. The summed E-state index contributed by atoms with van der Waals surface area (Å²) in [6, 6.07) is 0. The predicted molar refractivity (Wildman–Crippen MR) is 55.1 cm³/mol. The lowest BCUT2D eigenvalue weighted by atomic mass is 9.83. The number of carbonyl (C=O) groups excluding carboxylic acids is 1. The van der Waals surface area contributed by atoms with Gasteiger partial charge in [-0.15, -0.1) is 6.42 Å². The molecule has 0 aliphatic heterocycles. The first kappa shape index (κ1) is 10.7. The van der Waals surface area contributed by atoms with Gasteiger partial charge in [0, 0.05) is 0 Å². The summed E-state index contributed by atoms with van der Waals surface area (Å²) >= 11 is 0.